The Balaban J connectivity index is 2.02. The molecule has 1 fully saturated rings. The molecule has 20 heavy (non-hydrogen) atoms. The van der Waals surface area contributed by atoms with Crippen molar-refractivity contribution in [3.8, 4) is 0 Å². The molecule has 1 aliphatic rings. The molecule has 0 radical (unpaired) electrons. The zero-order valence-corrected chi connectivity index (χ0v) is 12.2. The van der Waals surface area contributed by atoms with Crippen LogP contribution in [0.4, 0.5) is 5.69 Å². The number of anilines is 1. The number of likely N-dealkylation sites (tertiary alicyclic amines) is 1. The van der Waals surface area contributed by atoms with Gasteiger partial charge in [-0.2, -0.15) is 0 Å². The normalized spacial score (nSPS) is 16.0. The third-order valence-corrected chi connectivity index (χ3v) is 3.88. The fraction of sp³-hybridized carbons (Fsp3) is 0.500. The van der Waals surface area contributed by atoms with Gasteiger partial charge in [0, 0.05) is 25.7 Å². The van der Waals surface area contributed by atoms with Crippen LogP contribution in [0, 0.1) is 5.92 Å². The number of carbonyl (C=O) groups excluding carboxylic acids is 2. The highest BCUT2D eigenvalue weighted by Crippen LogP contribution is 2.18. The maximum absolute atomic E-state index is 12.3. The molecule has 0 atom stereocenters. The lowest BCUT2D eigenvalue weighted by Gasteiger charge is -2.32. The van der Waals surface area contributed by atoms with E-state index in [1.807, 2.05) is 35.2 Å². The number of nitrogens with zero attached hydrogens (tertiary/aromatic N) is 2. The first-order valence-corrected chi connectivity index (χ1v) is 7.19. The van der Waals surface area contributed by atoms with E-state index in [-0.39, 0.29) is 18.4 Å². The number of benzene rings is 1. The van der Waals surface area contributed by atoms with Crippen LogP contribution in [0.1, 0.15) is 26.7 Å². The predicted molar refractivity (Wildman–Crippen MR) is 79.4 cm³/mol. The second-order valence-corrected chi connectivity index (χ2v) is 5.50. The maximum atomic E-state index is 12.3. The van der Waals surface area contributed by atoms with Crippen molar-refractivity contribution in [2.24, 2.45) is 5.92 Å². The summed E-state index contributed by atoms with van der Waals surface area (Å²) in [5.41, 5.74) is 0.777. The van der Waals surface area contributed by atoms with Crippen LogP contribution < -0.4 is 4.90 Å². The summed E-state index contributed by atoms with van der Waals surface area (Å²) in [6, 6.07) is 9.35. The van der Waals surface area contributed by atoms with Gasteiger partial charge in [0.25, 0.3) is 0 Å². The van der Waals surface area contributed by atoms with E-state index < -0.39 is 0 Å². The molecule has 0 bridgehead atoms. The van der Waals surface area contributed by atoms with Crippen LogP contribution in [0.3, 0.4) is 0 Å². The second kappa shape index (κ2) is 6.55. The summed E-state index contributed by atoms with van der Waals surface area (Å²) in [6.07, 6.45) is 2.11. The molecular formula is C16H22N2O2. The second-order valence-electron chi connectivity index (χ2n) is 5.50. The molecule has 0 unspecified atom stereocenters. The van der Waals surface area contributed by atoms with E-state index in [0.29, 0.717) is 5.92 Å². The first kappa shape index (κ1) is 14.6. The standard InChI is InChI=1S/C16H22N2O2/c1-13-8-10-17(11-9-13)16(20)12-18(14(2)19)15-6-4-3-5-7-15/h3-7,13H,8-12H2,1-2H3. The summed E-state index contributed by atoms with van der Waals surface area (Å²) in [5.74, 6) is 0.628. The van der Waals surface area contributed by atoms with Crippen LogP contribution in [0.25, 0.3) is 0 Å². The summed E-state index contributed by atoms with van der Waals surface area (Å²) in [5, 5.41) is 0. The first-order valence-electron chi connectivity index (χ1n) is 7.19. The molecule has 2 rings (SSSR count). The molecule has 1 aromatic rings. The van der Waals surface area contributed by atoms with Gasteiger partial charge in [-0.3, -0.25) is 9.59 Å². The molecule has 2 amide bonds. The molecule has 0 N–H and O–H groups in total. The largest absolute Gasteiger partial charge is 0.341 e. The van der Waals surface area contributed by atoms with Crippen LogP contribution in [0.5, 0.6) is 0 Å². The minimum Gasteiger partial charge on any atom is -0.341 e. The molecule has 4 heteroatoms. The SMILES string of the molecule is CC(=O)N(CC(=O)N1CCC(C)CC1)c1ccccc1. The minimum absolute atomic E-state index is 0.0379. The van der Waals surface area contributed by atoms with Crippen molar-refractivity contribution in [2.45, 2.75) is 26.7 Å². The van der Waals surface area contributed by atoms with Crippen molar-refractivity contribution in [2.75, 3.05) is 24.5 Å². The number of carbonyl (C=O) groups is 2. The van der Waals surface area contributed by atoms with Crippen LogP contribution in [0.15, 0.2) is 30.3 Å². The average Bonchev–Trinajstić information content (AvgIpc) is 2.46. The number of piperidine rings is 1. The van der Waals surface area contributed by atoms with Crippen molar-refractivity contribution in [1.29, 1.82) is 0 Å². The fourth-order valence-electron chi connectivity index (χ4n) is 2.49. The van der Waals surface area contributed by atoms with Crippen LogP contribution in [-0.4, -0.2) is 36.3 Å². The summed E-state index contributed by atoms with van der Waals surface area (Å²) in [4.78, 5) is 27.5. The zero-order chi connectivity index (χ0) is 14.5. The lowest BCUT2D eigenvalue weighted by molar-refractivity contribution is -0.132. The molecule has 1 aliphatic heterocycles. The van der Waals surface area contributed by atoms with Crippen molar-refractivity contribution in [3.05, 3.63) is 30.3 Å². The van der Waals surface area contributed by atoms with Crippen molar-refractivity contribution in [1.82, 2.24) is 4.90 Å². The third kappa shape index (κ3) is 3.59. The van der Waals surface area contributed by atoms with Gasteiger partial charge >= 0.3 is 0 Å². The first-order chi connectivity index (χ1) is 9.58. The van der Waals surface area contributed by atoms with Gasteiger partial charge in [0.05, 0.1) is 0 Å². The predicted octanol–water partition coefficient (Wildman–Crippen LogP) is 2.30. The molecule has 1 saturated heterocycles. The molecule has 4 nitrogen and oxygen atoms in total. The van der Waals surface area contributed by atoms with Gasteiger partial charge in [0.1, 0.15) is 6.54 Å². The Morgan fingerprint density at radius 1 is 1.20 bits per heavy atom. The van der Waals surface area contributed by atoms with Crippen molar-refractivity contribution in [3.63, 3.8) is 0 Å². The van der Waals surface area contributed by atoms with Gasteiger partial charge in [0.15, 0.2) is 0 Å². The number of para-hydroxylation sites is 1. The highest BCUT2D eigenvalue weighted by Gasteiger charge is 2.23. The summed E-state index contributed by atoms with van der Waals surface area (Å²) in [6.45, 7) is 5.46. The van der Waals surface area contributed by atoms with Gasteiger partial charge in [-0.1, -0.05) is 25.1 Å². The lowest BCUT2D eigenvalue weighted by Crippen LogP contribution is -2.45. The Morgan fingerprint density at radius 2 is 1.80 bits per heavy atom. The summed E-state index contributed by atoms with van der Waals surface area (Å²) in [7, 11) is 0. The molecule has 0 aromatic heterocycles. The lowest BCUT2D eigenvalue weighted by atomic mass is 9.99. The van der Waals surface area contributed by atoms with E-state index in [4.69, 9.17) is 0 Å². The monoisotopic (exact) mass is 274 g/mol. The molecule has 108 valence electrons. The Morgan fingerprint density at radius 3 is 2.35 bits per heavy atom. The van der Waals surface area contributed by atoms with E-state index in [0.717, 1.165) is 31.6 Å². The highest BCUT2D eigenvalue weighted by molar-refractivity contribution is 5.97. The molecule has 1 heterocycles. The molecule has 1 aromatic carbocycles. The molecule has 0 spiro atoms. The van der Waals surface area contributed by atoms with Crippen LogP contribution in [0.2, 0.25) is 0 Å². The smallest absolute Gasteiger partial charge is 0.242 e. The van der Waals surface area contributed by atoms with E-state index in [1.54, 1.807) is 4.90 Å². The molecule has 0 saturated carbocycles. The fourth-order valence-corrected chi connectivity index (χ4v) is 2.49. The van der Waals surface area contributed by atoms with E-state index >= 15 is 0 Å². The minimum atomic E-state index is -0.102. The quantitative estimate of drug-likeness (QED) is 0.848. The molecule has 0 aliphatic carbocycles. The van der Waals surface area contributed by atoms with Gasteiger partial charge < -0.3 is 9.80 Å². The number of amides is 2. The number of rotatable bonds is 3. The maximum Gasteiger partial charge on any atom is 0.242 e. The third-order valence-electron chi connectivity index (χ3n) is 3.88. The van der Waals surface area contributed by atoms with Gasteiger partial charge in [-0.05, 0) is 30.9 Å². The summed E-state index contributed by atoms with van der Waals surface area (Å²) >= 11 is 0. The van der Waals surface area contributed by atoms with E-state index in [2.05, 4.69) is 6.92 Å². The molecular weight excluding hydrogens is 252 g/mol. The van der Waals surface area contributed by atoms with Gasteiger partial charge in [-0.25, -0.2) is 0 Å². The summed E-state index contributed by atoms with van der Waals surface area (Å²) < 4.78 is 0. The average molecular weight is 274 g/mol. The number of hydrogen-bond acceptors (Lipinski definition) is 2. The highest BCUT2D eigenvalue weighted by atomic mass is 16.2. The van der Waals surface area contributed by atoms with Crippen LogP contribution in [-0.2, 0) is 9.59 Å². The Bertz CT molecular complexity index is 465. The van der Waals surface area contributed by atoms with E-state index in [1.165, 1.54) is 6.92 Å². The topological polar surface area (TPSA) is 40.6 Å². The van der Waals surface area contributed by atoms with Crippen molar-refractivity contribution < 1.29 is 9.59 Å². The van der Waals surface area contributed by atoms with Crippen molar-refractivity contribution >= 4 is 17.5 Å². The van der Waals surface area contributed by atoms with Gasteiger partial charge in [-0.15, -0.1) is 0 Å². The Kier molecular flexibility index (Phi) is 4.77. The van der Waals surface area contributed by atoms with E-state index in [9.17, 15) is 9.59 Å². The number of hydrogen-bond donors (Lipinski definition) is 0. The van der Waals surface area contributed by atoms with Gasteiger partial charge in [0.2, 0.25) is 11.8 Å². The zero-order valence-electron chi connectivity index (χ0n) is 12.2. The Hall–Kier alpha value is -1.84. The Labute approximate surface area is 120 Å². The van der Waals surface area contributed by atoms with Crippen LogP contribution >= 0.6 is 0 Å².